The predicted molar refractivity (Wildman–Crippen MR) is 81.1 cm³/mol. The molecule has 0 aromatic heterocycles. The summed E-state index contributed by atoms with van der Waals surface area (Å²) in [7, 11) is 0. The average Bonchev–Trinajstić information content (AvgIpc) is 2.48. The highest BCUT2D eigenvalue weighted by Crippen LogP contribution is 2.23. The van der Waals surface area contributed by atoms with Crippen molar-refractivity contribution in [3.63, 3.8) is 0 Å². The molecule has 1 unspecified atom stereocenters. The lowest BCUT2D eigenvalue weighted by molar-refractivity contribution is -0.143. The summed E-state index contributed by atoms with van der Waals surface area (Å²) in [5.74, 6) is -0.0918. The van der Waals surface area contributed by atoms with E-state index in [9.17, 15) is 4.79 Å². The fourth-order valence-corrected chi connectivity index (χ4v) is 2.81. The highest BCUT2D eigenvalue weighted by molar-refractivity contribution is 5.70. The number of hydrogen-bond donors (Lipinski definition) is 2. The normalized spacial score (nSPS) is 19.4. The Balaban J connectivity index is 2.05. The predicted octanol–water partition coefficient (Wildman–Crippen LogP) is 1.84. The quantitative estimate of drug-likeness (QED) is 0.836. The van der Waals surface area contributed by atoms with Crippen molar-refractivity contribution in [3.05, 3.63) is 29.3 Å². The number of hydrogen-bond acceptors (Lipinski definition) is 4. The van der Waals surface area contributed by atoms with E-state index in [0.717, 1.165) is 42.8 Å². The van der Waals surface area contributed by atoms with Crippen molar-refractivity contribution in [1.29, 1.82) is 0 Å². The van der Waals surface area contributed by atoms with E-state index < -0.39 is 5.97 Å². The van der Waals surface area contributed by atoms with Gasteiger partial charge in [0.25, 0.3) is 0 Å². The molecule has 1 aromatic rings. The third-order valence-corrected chi connectivity index (χ3v) is 3.91. The highest BCUT2D eigenvalue weighted by Gasteiger charge is 2.25. The molecular formula is C16H24N2O3. The zero-order chi connectivity index (χ0) is 15.2. The minimum absolute atomic E-state index is 0.242. The van der Waals surface area contributed by atoms with E-state index in [-0.39, 0.29) is 5.92 Å². The van der Waals surface area contributed by atoms with Gasteiger partial charge in [0.15, 0.2) is 0 Å². The van der Waals surface area contributed by atoms with Gasteiger partial charge in [0, 0.05) is 25.2 Å². The number of nitrogens with two attached hydrogens (primary N) is 1. The van der Waals surface area contributed by atoms with Crippen molar-refractivity contribution < 1.29 is 14.6 Å². The molecule has 0 bridgehead atoms. The van der Waals surface area contributed by atoms with E-state index >= 15 is 0 Å². The van der Waals surface area contributed by atoms with Gasteiger partial charge in [-0.1, -0.05) is 12.1 Å². The second kappa shape index (κ2) is 7.43. The van der Waals surface area contributed by atoms with Gasteiger partial charge < -0.3 is 15.6 Å². The monoisotopic (exact) mass is 292 g/mol. The number of carbonyl (C=O) groups is 1. The molecule has 2 rings (SSSR count). The van der Waals surface area contributed by atoms with Gasteiger partial charge in [-0.05, 0) is 37.9 Å². The Labute approximate surface area is 125 Å². The Hall–Kier alpha value is -1.59. The van der Waals surface area contributed by atoms with Crippen molar-refractivity contribution in [2.24, 2.45) is 11.7 Å². The van der Waals surface area contributed by atoms with Crippen LogP contribution in [0, 0.1) is 5.92 Å². The number of ether oxygens (including phenoxy) is 1. The van der Waals surface area contributed by atoms with Crippen LogP contribution in [0.25, 0.3) is 0 Å². The molecule has 5 heteroatoms. The lowest BCUT2D eigenvalue weighted by Gasteiger charge is -2.30. The Morgan fingerprint density at radius 2 is 2.33 bits per heavy atom. The Morgan fingerprint density at radius 3 is 3.00 bits per heavy atom. The Morgan fingerprint density at radius 1 is 1.52 bits per heavy atom. The first kappa shape index (κ1) is 15.8. The third-order valence-electron chi connectivity index (χ3n) is 3.91. The van der Waals surface area contributed by atoms with Crippen LogP contribution in [0.4, 0.5) is 0 Å². The summed E-state index contributed by atoms with van der Waals surface area (Å²) < 4.78 is 5.62. The smallest absolute Gasteiger partial charge is 0.307 e. The fraction of sp³-hybridized carbons (Fsp3) is 0.562. The molecule has 0 amide bonds. The fourth-order valence-electron chi connectivity index (χ4n) is 2.81. The van der Waals surface area contributed by atoms with Crippen LogP contribution in [0.2, 0.25) is 0 Å². The maximum Gasteiger partial charge on any atom is 0.307 e. The van der Waals surface area contributed by atoms with Crippen LogP contribution in [0.5, 0.6) is 5.75 Å². The first-order valence-electron chi connectivity index (χ1n) is 7.53. The molecule has 1 fully saturated rings. The van der Waals surface area contributed by atoms with Gasteiger partial charge in [-0.25, -0.2) is 0 Å². The Bertz CT molecular complexity index is 490. The maximum atomic E-state index is 11.1. The lowest BCUT2D eigenvalue weighted by Crippen LogP contribution is -2.38. The van der Waals surface area contributed by atoms with Crippen LogP contribution < -0.4 is 10.5 Å². The number of aliphatic carboxylic acids is 1. The molecule has 0 aliphatic carbocycles. The van der Waals surface area contributed by atoms with Gasteiger partial charge in [0.2, 0.25) is 0 Å². The van der Waals surface area contributed by atoms with Crippen molar-refractivity contribution in [3.8, 4) is 5.75 Å². The largest absolute Gasteiger partial charge is 0.494 e. The third kappa shape index (κ3) is 4.19. The molecule has 1 saturated heterocycles. The topological polar surface area (TPSA) is 75.8 Å². The van der Waals surface area contributed by atoms with Gasteiger partial charge in [0.05, 0.1) is 12.5 Å². The summed E-state index contributed by atoms with van der Waals surface area (Å²) in [5.41, 5.74) is 7.85. The minimum atomic E-state index is -0.687. The van der Waals surface area contributed by atoms with Crippen LogP contribution in [0.1, 0.15) is 30.9 Å². The molecule has 5 nitrogen and oxygen atoms in total. The van der Waals surface area contributed by atoms with E-state index in [0.29, 0.717) is 19.7 Å². The zero-order valence-corrected chi connectivity index (χ0v) is 12.5. The van der Waals surface area contributed by atoms with Gasteiger partial charge in [-0.2, -0.15) is 0 Å². The summed E-state index contributed by atoms with van der Waals surface area (Å²) in [4.78, 5) is 13.3. The number of carboxylic acid groups (broad SMARTS) is 1. The van der Waals surface area contributed by atoms with Crippen molar-refractivity contribution in [1.82, 2.24) is 4.90 Å². The van der Waals surface area contributed by atoms with Gasteiger partial charge >= 0.3 is 5.97 Å². The maximum absolute atomic E-state index is 11.1. The van der Waals surface area contributed by atoms with Gasteiger partial charge in [-0.3, -0.25) is 9.69 Å². The van der Waals surface area contributed by atoms with Crippen LogP contribution in [0.3, 0.4) is 0 Å². The van der Waals surface area contributed by atoms with Crippen molar-refractivity contribution in [2.45, 2.75) is 32.9 Å². The van der Waals surface area contributed by atoms with E-state index in [1.807, 2.05) is 19.1 Å². The first-order chi connectivity index (χ1) is 10.1. The van der Waals surface area contributed by atoms with E-state index in [4.69, 9.17) is 15.6 Å². The lowest BCUT2D eigenvalue weighted by atomic mass is 9.97. The number of carboxylic acids is 1. The van der Waals surface area contributed by atoms with Gasteiger partial charge in [0.1, 0.15) is 5.75 Å². The second-order valence-corrected chi connectivity index (χ2v) is 5.49. The van der Waals surface area contributed by atoms with Crippen LogP contribution in [0.15, 0.2) is 18.2 Å². The van der Waals surface area contributed by atoms with E-state index in [1.54, 1.807) is 0 Å². The molecule has 1 heterocycles. The van der Waals surface area contributed by atoms with Gasteiger partial charge in [-0.15, -0.1) is 0 Å². The number of likely N-dealkylation sites (tertiary alicyclic amines) is 1. The highest BCUT2D eigenvalue weighted by atomic mass is 16.5. The molecule has 0 saturated carbocycles. The molecule has 0 radical (unpaired) electrons. The molecule has 116 valence electrons. The Kier molecular flexibility index (Phi) is 5.59. The molecule has 0 spiro atoms. The molecular weight excluding hydrogens is 268 g/mol. The summed E-state index contributed by atoms with van der Waals surface area (Å²) in [6, 6.07) is 6.07. The first-order valence-corrected chi connectivity index (χ1v) is 7.53. The number of piperidine rings is 1. The molecule has 1 aliphatic rings. The van der Waals surface area contributed by atoms with E-state index in [1.165, 1.54) is 0 Å². The minimum Gasteiger partial charge on any atom is -0.494 e. The number of rotatable bonds is 6. The summed E-state index contributed by atoms with van der Waals surface area (Å²) in [5, 5.41) is 9.14. The SMILES string of the molecule is CCOc1cc(CN2CCCC(C(=O)O)C2)ccc1CN. The van der Waals surface area contributed by atoms with E-state index in [2.05, 4.69) is 11.0 Å². The van der Waals surface area contributed by atoms with Crippen LogP contribution in [-0.2, 0) is 17.9 Å². The molecule has 21 heavy (non-hydrogen) atoms. The van der Waals surface area contributed by atoms with Crippen LogP contribution in [-0.4, -0.2) is 35.7 Å². The second-order valence-electron chi connectivity index (χ2n) is 5.49. The molecule has 1 aromatic carbocycles. The van der Waals surface area contributed by atoms with Crippen molar-refractivity contribution in [2.75, 3.05) is 19.7 Å². The average molecular weight is 292 g/mol. The number of benzene rings is 1. The molecule has 1 aliphatic heterocycles. The standard InChI is InChI=1S/C16H24N2O3/c1-2-21-15-8-12(5-6-13(15)9-17)10-18-7-3-4-14(11-18)16(19)20/h5-6,8,14H,2-4,7,9-11,17H2,1H3,(H,19,20). The summed E-state index contributed by atoms with van der Waals surface area (Å²) >= 11 is 0. The van der Waals surface area contributed by atoms with Crippen molar-refractivity contribution >= 4 is 5.97 Å². The zero-order valence-electron chi connectivity index (χ0n) is 12.5. The summed E-state index contributed by atoms with van der Waals surface area (Å²) in [6.07, 6.45) is 1.72. The molecule has 1 atom stereocenters. The summed E-state index contributed by atoms with van der Waals surface area (Å²) in [6.45, 7) is 5.36. The van der Waals surface area contributed by atoms with Crippen LogP contribution >= 0.6 is 0 Å². The number of nitrogens with zero attached hydrogens (tertiary/aromatic N) is 1. The molecule has 3 N–H and O–H groups in total.